The van der Waals surface area contributed by atoms with E-state index in [0.29, 0.717) is 19.4 Å². The molecule has 0 saturated heterocycles. The first-order valence-electron chi connectivity index (χ1n) is 19.9. The lowest BCUT2D eigenvalue weighted by atomic mass is 10.0. The van der Waals surface area contributed by atoms with Gasteiger partial charge in [0.15, 0.2) is 0 Å². The number of aromatic amines is 1. The third-order valence-electron chi connectivity index (χ3n) is 9.13. The quantitative estimate of drug-likeness (QED) is 0.0516. The molecule has 0 aliphatic rings. The number of rotatable bonds is 34. The molecule has 0 spiro atoms. The van der Waals surface area contributed by atoms with Gasteiger partial charge in [0.05, 0.1) is 6.33 Å². The Morgan fingerprint density at radius 2 is 1.11 bits per heavy atom. The molecule has 0 fully saturated rings. The van der Waals surface area contributed by atoms with Gasteiger partial charge in [0.1, 0.15) is 6.04 Å². The Kier molecular flexibility index (Phi) is 29.9. The maximum Gasteiger partial charge on any atom is 0.242 e. The molecule has 6 heteroatoms. The van der Waals surface area contributed by atoms with Gasteiger partial charge in [-0.3, -0.25) is 9.59 Å². The number of imidazole rings is 1. The zero-order valence-corrected chi connectivity index (χ0v) is 30.4. The average Bonchev–Trinajstić information content (AvgIpc) is 3.57. The molecule has 0 saturated carbocycles. The Morgan fingerprint density at radius 1 is 0.652 bits per heavy atom. The fourth-order valence-corrected chi connectivity index (χ4v) is 6.10. The van der Waals surface area contributed by atoms with Gasteiger partial charge in [-0.25, -0.2) is 4.98 Å². The number of aromatic nitrogens is 2. The Balaban J connectivity index is 2.09. The highest BCUT2D eigenvalue weighted by molar-refractivity contribution is 5.87. The van der Waals surface area contributed by atoms with Crippen molar-refractivity contribution in [3.8, 4) is 0 Å². The van der Waals surface area contributed by atoms with E-state index in [9.17, 15) is 9.59 Å². The van der Waals surface area contributed by atoms with Crippen LogP contribution in [0, 0.1) is 0 Å². The van der Waals surface area contributed by atoms with Crippen LogP contribution in [0.2, 0.25) is 0 Å². The maximum absolute atomic E-state index is 13.0. The molecule has 1 heterocycles. The molecule has 0 bridgehead atoms. The molecular formula is C40H74N4O2. The van der Waals surface area contributed by atoms with Gasteiger partial charge in [-0.05, 0) is 38.5 Å². The number of hydrogen-bond donors (Lipinski definition) is 3. The number of allylic oxidation sites excluding steroid dienone is 2. The Morgan fingerprint density at radius 3 is 1.59 bits per heavy atom. The summed E-state index contributed by atoms with van der Waals surface area (Å²) in [5.74, 6) is -0.129. The minimum atomic E-state index is -0.567. The van der Waals surface area contributed by atoms with Gasteiger partial charge in [0.25, 0.3) is 0 Å². The fourth-order valence-electron chi connectivity index (χ4n) is 6.10. The van der Waals surface area contributed by atoms with Crippen LogP contribution in [0.5, 0.6) is 0 Å². The van der Waals surface area contributed by atoms with Crippen LogP contribution in [-0.2, 0) is 16.0 Å². The Bertz CT molecular complexity index is 823. The molecule has 1 aromatic heterocycles. The smallest absolute Gasteiger partial charge is 0.242 e. The first-order valence-corrected chi connectivity index (χ1v) is 19.9. The lowest BCUT2D eigenvalue weighted by molar-refractivity contribution is -0.129. The van der Waals surface area contributed by atoms with E-state index in [1.54, 1.807) is 12.5 Å². The average molecular weight is 643 g/mol. The third-order valence-corrected chi connectivity index (χ3v) is 9.13. The predicted octanol–water partition coefficient (Wildman–Crippen LogP) is 11.1. The van der Waals surface area contributed by atoms with Crippen LogP contribution in [0.4, 0.5) is 0 Å². The van der Waals surface area contributed by atoms with E-state index in [1.807, 2.05) is 0 Å². The third kappa shape index (κ3) is 27.0. The van der Waals surface area contributed by atoms with Crippen LogP contribution in [0.25, 0.3) is 0 Å². The second-order valence-electron chi connectivity index (χ2n) is 13.6. The molecule has 0 aliphatic carbocycles. The van der Waals surface area contributed by atoms with E-state index in [1.165, 1.54) is 141 Å². The summed E-state index contributed by atoms with van der Waals surface area (Å²) in [5.41, 5.74) is 0.859. The summed E-state index contributed by atoms with van der Waals surface area (Å²) in [5, 5.41) is 6.07. The van der Waals surface area contributed by atoms with Gasteiger partial charge in [0, 0.05) is 31.3 Å². The molecule has 1 aromatic rings. The molecule has 3 N–H and O–H groups in total. The standard InChI is InChI=1S/C40H74N4O2/c1-3-5-7-9-11-13-15-17-19-20-22-24-26-28-30-32-39(45)44-38(34-37-35-41-36-43-37)40(46)42-33-31-29-27-25-23-21-18-16-14-12-10-8-6-4-2/h17,19,35-36,38H,3-16,18,20-34H2,1-2H3,(H,41,43)(H,42,46)(H,44,45)/b19-17-. The molecular weight excluding hydrogens is 568 g/mol. The fraction of sp³-hybridized carbons (Fsp3) is 0.825. The summed E-state index contributed by atoms with van der Waals surface area (Å²) < 4.78 is 0. The molecule has 1 atom stereocenters. The van der Waals surface area contributed by atoms with Crippen molar-refractivity contribution < 1.29 is 9.59 Å². The van der Waals surface area contributed by atoms with E-state index in [-0.39, 0.29) is 11.8 Å². The molecule has 0 radical (unpaired) electrons. The van der Waals surface area contributed by atoms with Crippen LogP contribution in [0.15, 0.2) is 24.7 Å². The van der Waals surface area contributed by atoms with Gasteiger partial charge < -0.3 is 15.6 Å². The Hall–Kier alpha value is -2.11. The predicted molar refractivity (Wildman–Crippen MR) is 197 cm³/mol. The number of carbonyl (C=O) groups excluding carboxylic acids is 2. The number of carbonyl (C=O) groups is 2. The molecule has 0 aliphatic heterocycles. The number of unbranched alkanes of at least 4 members (excludes halogenated alkanes) is 24. The number of nitrogens with one attached hydrogen (secondary N) is 3. The van der Waals surface area contributed by atoms with Crippen LogP contribution in [0.3, 0.4) is 0 Å². The van der Waals surface area contributed by atoms with E-state index in [0.717, 1.165) is 37.8 Å². The normalized spacial score (nSPS) is 12.1. The largest absolute Gasteiger partial charge is 0.354 e. The van der Waals surface area contributed by atoms with Crippen molar-refractivity contribution in [1.82, 2.24) is 20.6 Å². The summed E-state index contributed by atoms with van der Waals surface area (Å²) in [6, 6.07) is -0.567. The van der Waals surface area contributed by atoms with E-state index >= 15 is 0 Å². The number of H-pyrrole nitrogens is 1. The van der Waals surface area contributed by atoms with E-state index < -0.39 is 6.04 Å². The first kappa shape index (κ1) is 41.9. The number of nitrogens with zero attached hydrogens (tertiary/aromatic N) is 1. The van der Waals surface area contributed by atoms with Crippen LogP contribution < -0.4 is 10.6 Å². The lowest BCUT2D eigenvalue weighted by Crippen LogP contribution is -2.48. The zero-order valence-electron chi connectivity index (χ0n) is 30.4. The summed E-state index contributed by atoms with van der Waals surface area (Å²) >= 11 is 0. The molecule has 1 unspecified atom stereocenters. The van der Waals surface area contributed by atoms with Gasteiger partial charge >= 0.3 is 0 Å². The van der Waals surface area contributed by atoms with Gasteiger partial charge in [-0.2, -0.15) is 0 Å². The minimum absolute atomic E-state index is 0.0335. The molecule has 0 aromatic carbocycles. The number of hydrogen-bond acceptors (Lipinski definition) is 3. The molecule has 2 amide bonds. The van der Waals surface area contributed by atoms with E-state index in [2.05, 4.69) is 46.6 Å². The monoisotopic (exact) mass is 643 g/mol. The van der Waals surface area contributed by atoms with Gasteiger partial charge in [-0.1, -0.05) is 161 Å². The summed E-state index contributed by atoms with van der Waals surface area (Å²) in [4.78, 5) is 32.8. The molecule has 46 heavy (non-hydrogen) atoms. The van der Waals surface area contributed by atoms with Crippen molar-refractivity contribution in [2.24, 2.45) is 0 Å². The first-order chi connectivity index (χ1) is 22.7. The highest BCUT2D eigenvalue weighted by atomic mass is 16.2. The van der Waals surface area contributed by atoms with Crippen molar-refractivity contribution in [1.29, 1.82) is 0 Å². The van der Waals surface area contributed by atoms with E-state index in [4.69, 9.17) is 0 Å². The second kappa shape index (κ2) is 32.8. The topological polar surface area (TPSA) is 86.9 Å². The van der Waals surface area contributed by atoms with Gasteiger partial charge in [0.2, 0.25) is 11.8 Å². The van der Waals surface area contributed by atoms with Gasteiger partial charge in [-0.15, -0.1) is 0 Å². The van der Waals surface area contributed by atoms with Crippen LogP contribution in [0.1, 0.15) is 199 Å². The maximum atomic E-state index is 13.0. The number of amides is 2. The van der Waals surface area contributed by atoms with Crippen molar-refractivity contribution in [3.63, 3.8) is 0 Å². The van der Waals surface area contributed by atoms with Crippen molar-refractivity contribution in [3.05, 3.63) is 30.4 Å². The second-order valence-corrected chi connectivity index (χ2v) is 13.6. The zero-order chi connectivity index (χ0) is 33.2. The van der Waals surface area contributed by atoms with Crippen LogP contribution in [-0.4, -0.2) is 34.4 Å². The van der Waals surface area contributed by atoms with Crippen molar-refractivity contribution in [2.75, 3.05) is 6.54 Å². The highest BCUT2D eigenvalue weighted by Gasteiger charge is 2.21. The lowest BCUT2D eigenvalue weighted by Gasteiger charge is -2.18. The highest BCUT2D eigenvalue weighted by Crippen LogP contribution is 2.13. The SMILES string of the molecule is CCCCCCCC/C=C\CCCCCCCC(=O)NC(Cc1cnc[nH]1)C(=O)NCCCCCCCCCCCCCCCC. The van der Waals surface area contributed by atoms with Crippen molar-refractivity contribution >= 4 is 11.8 Å². The molecule has 266 valence electrons. The summed E-state index contributed by atoms with van der Waals surface area (Å²) in [6.07, 6.45) is 43.5. The molecule has 6 nitrogen and oxygen atoms in total. The Labute approximate surface area is 284 Å². The molecule has 1 rings (SSSR count). The van der Waals surface area contributed by atoms with Crippen molar-refractivity contribution in [2.45, 2.75) is 206 Å². The van der Waals surface area contributed by atoms with Crippen LogP contribution >= 0.6 is 0 Å². The minimum Gasteiger partial charge on any atom is -0.354 e. The summed E-state index contributed by atoms with van der Waals surface area (Å²) in [7, 11) is 0. The summed E-state index contributed by atoms with van der Waals surface area (Å²) in [6.45, 7) is 5.21.